The Morgan fingerprint density at radius 3 is 2.39 bits per heavy atom. The van der Waals surface area contributed by atoms with E-state index < -0.39 is 12.0 Å². The van der Waals surface area contributed by atoms with E-state index in [1.165, 1.54) is 11.3 Å². The predicted molar refractivity (Wildman–Crippen MR) is 149 cm³/mol. The van der Waals surface area contributed by atoms with Crippen molar-refractivity contribution in [3.8, 4) is 11.5 Å². The summed E-state index contributed by atoms with van der Waals surface area (Å²) in [6.07, 6.45) is 4.87. The zero-order chi connectivity index (χ0) is 27.2. The number of benzene rings is 2. The van der Waals surface area contributed by atoms with Crippen LogP contribution in [0.3, 0.4) is 0 Å². The maximum absolute atomic E-state index is 13.7. The van der Waals surface area contributed by atoms with E-state index in [0.29, 0.717) is 33.0 Å². The maximum Gasteiger partial charge on any atom is 0.338 e. The summed E-state index contributed by atoms with van der Waals surface area (Å²) in [4.78, 5) is 32.1. The zero-order valence-corrected chi connectivity index (χ0v) is 23.3. The van der Waals surface area contributed by atoms with Gasteiger partial charge in [-0.05, 0) is 68.7 Å². The number of fused-ring (bicyclic) bond motifs is 1. The molecule has 0 saturated carbocycles. The summed E-state index contributed by atoms with van der Waals surface area (Å²) in [7, 11) is 1.60. The molecule has 200 valence electrons. The van der Waals surface area contributed by atoms with E-state index >= 15 is 0 Å². The number of carbonyl (C=O) groups excluding carboxylic acids is 1. The van der Waals surface area contributed by atoms with Gasteiger partial charge in [-0.15, -0.1) is 0 Å². The van der Waals surface area contributed by atoms with Gasteiger partial charge in [0.25, 0.3) is 5.56 Å². The van der Waals surface area contributed by atoms with Gasteiger partial charge in [0.1, 0.15) is 11.5 Å². The molecule has 0 saturated heterocycles. The fraction of sp³-hybridized carbons (Fsp3) is 0.367. The Morgan fingerprint density at radius 1 is 1.08 bits per heavy atom. The van der Waals surface area contributed by atoms with Gasteiger partial charge >= 0.3 is 5.97 Å². The smallest absolute Gasteiger partial charge is 0.338 e. The minimum Gasteiger partial charge on any atom is -0.497 e. The molecule has 0 amide bonds. The molecule has 1 aliphatic rings. The van der Waals surface area contributed by atoms with Gasteiger partial charge in [-0.3, -0.25) is 9.36 Å². The van der Waals surface area contributed by atoms with Crippen molar-refractivity contribution in [1.29, 1.82) is 0 Å². The molecule has 0 radical (unpaired) electrons. The third-order valence-electron chi connectivity index (χ3n) is 6.21. The van der Waals surface area contributed by atoms with E-state index in [1.54, 1.807) is 32.4 Å². The number of carbonyl (C=O) groups is 1. The number of aromatic nitrogens is 1. The van der Waals surface area contributed by atoms with Crippen molar-refractivity contribution in [2.75, 3.05) is 13.7 Å². The molecule has 8 heteroatoms. The predicted octanol–water partition coefficient (Wildman–Crippen LogP) is 4.76. The van der Waals surface area contributed by atoms with Crippen LogP contribution in [0.15, 0.2) is 69.6 Å². The molecule has 0 aliphatic carbocycles. The summed E-state index contributed by atoms with van der Waals surface area (Å²) < 4.78 is 18.8. The number of esters is 1. The van der Waals surface area contributed by atoms with Crippen LogP contribution >= 0.6 is 11.3 Å². The van der Waals surface area contributed by atoms with Crippen molar-refractivity contribution in [3.05, 3.63) is 90.6 Å². The molecule has 1 aromatic heterocycles. The second kappa shape index (κ2) is 12.3. The highest BCUT2D eigenvalue weighted by atomic mass is 32.1. The molecule has 1 aliphatic heterocycles. The van der Waals surface area contributed by atoms with E-state index in [2.05, 4.69) is 11.9 Å². The number of thiazole rings is 1. The van der Waals surface area contributed by atoms with Gasteiger partial charge in [0, 0.05) is 0 Å². The Hall–Kier alpha value is -3.65. The van der Waals surface area contributed by atoms with Crippen LogP contribution in [0.25, 0.3) is 6.08 Å². The average molecular weight is 535 g/mol. The first kappa shape index (κ1) is 27.4. The minimum absolute atomic E-state index is 0.211. The van der Waals surface area contributed by atoms with Gasteiger partial charge in [0.15, 0.2) is 4.80 Å². The third kappa shape index (κ3) is 6.07. The highest BCUT2D eigenvalue weighted by Crippen LogP contribution is 2.31. The fourth-order valence-electron chi connectivity index (χ4n) is 4.32. The molecular formula is C30H34N2O5S. The zero-order valence-electron chi connectivity index (χ0n) is 22.5. The molecule has 1 unspecified atom stereocenters. The summed E-state index contributed by atoms with van der Waals surface area (Å²) in [5.74, 6) is 1.01. The van der Waals surface area contributed by atoms with E-state index in [0.717, 1.165) is 36.1 Å². The fourth-order valence-corrected chi connectivity index (χ4v) is 5.36. The first-order chi connectivity index (χ1) is 18.3. The highest BCUT2D eigenvalue weighted by molar-refractivity contribution is 7.07. The summed E-state index contributed by atoms with van der Waals surface area (Å²) in [6.45, 7) is 8.24. The normalized spacial score (nSPS) is 15.3. The van der Waals surface area contributed by atoms with Crippen molar-refractivity contribution in [3.63, 3.8) is 0 Å². The lowest BCUT2D eigenvalue weighted by Gasteiger charge is -2.25. The van der Waals surface area contributed by atoms with Crippen LogP contribution in [0.4, 0.5) is 0 Å². The molecule has 1 atom stereocenters. The molecule has 0 fully saturated rings. The molecule has 2 heterocycles. The summed E-state index contributed by atoms with van der Waals surface area (Å²) in [5, 5.41) is 0. The van der Waals surface area contributed by atoms with Crippen LogP contribution < -0.4 is 24.4 Å². The number of rotatable bonds is 10. The number of ether oxygens (including phenoxy) is 3. The number of hydrogen-bond donors (Lipinski definition) is 0. The Labute approximate surface area is 226 Å². The molecule has 0 N–H and O–H groups in total. The minimum atomic E-state index is -0.663. The monoisotopic (exact) mass is 534 g/mol. The number of hydrogen-bond acceptors (Lipinski definition) is 7. The maximum atomic E-state index is 13.7. The first-order valence-corrected chi connectivity index (χ1v) is 13.7. The second-order valence-corrected chi connectivity index (χ2v) is 10.4. The lowest BCUT2D eigenvalue weighted by Crippen LogP contribution is -2.40. The Kier molecular flexibility index (Phi) is 8.84. The van der Waals surface area contributed by atoms with Gasteiger partial charge in [0.05, 0.1) is 41.7 Å². The molecule has 2 aromatic carbocycles. The molecule has 0 spiro atoms. The van der Waals surface area contributed by atoms with Gasteiger partial charge in [-0.2, -0.15) is 0 Å². The van der Waals surface area contributed by atoms with Gasteiger partial charge < -0.3 is 14.2 Å². The molecule has 4 rings (SSSR count). The molecule has 7 nitrogen and oxygen atoms in total. The van der Waals surface area contributed by atoms with Crippen LogP contribution in [-0.4, -0.2) is 30.4 Å². The first-order valence-electron chi connectivity index (χ1n) is 12.9. The van der Waals surface area contributed by atoms with Gasteiger partial charge in [-0.25, -0.2) is 9.79 Å². The molecule has 3 aromatic rings. The topological polar surface area (TPSA) is 79.1 Å². The van der Waals surface area contributed by atoms with E-state index in [-0.39, 0.29) is 11.7 Å². The highest BCUT2D eigenvalue weighted by Gasteiger charge is 2.33. The lowest BCUT2D eigenvalue weighted by atomic mass is 9.96. The number of methoxy groups -OCH3 is 1. The number of nitrogens with zero attached hydrogens (tertiary/aromatic N) is 2. The van der Waals surface area contributed by atoms with E-state index in [1.807, 2.05) is 54.6 Å². The average Bonchev–Trinajstić information content (AvgIpc) is 3.20. The van der Waals surface area contributed by atoms with Crippen LogP contribution in [0.1, 0.15) is 64.1 Å². The number of allylic oxidation sites excluding steroid dienone is 1. The standard InChI is InChI=1S/C30H34N2O5S/c1-6-7-8-17-36-24-13-9-21(10-14-24)18-25-28(33)32-27(22-11-15-23(35-5)16-12-22)26(29(34)37-19(2)3)20(4)31-30(32)38-25/h9-16,18-19,27H,6-8,17H2,1-5H3. The quantitative estimate of drug-likeness (QED) is 0.277. The van der Waals surface area contributed by atoms with Crippen LogP contribution in [0, 0.1) is 0 Å². The van der Waals surface area contributed by atoms with E-state index in [9.17, 15) is 9.59 Å². The van der Waals surface area contributed by atoms with Crippen molar-refractivity contribution in [1.82, 2.24) is 4.57 Å². The SMILES string of the molecule is CCCCCOc1ccc(C=c2sc3n(c2=O)C(c2ccc(OC)cc2)C(C(=O)OC(C)C)=C(C)N=3)cc1. The van der Waals surface area contributed by atoms with E-state index in [4.69, 9.17) is 14.2 Å². The summed E-state index contributed by atoms with van der Waals surface area (Å²) in [5.41, 5.74) is 2.33. The molecular weight excluding hydrogens is 500 g/mol. The van der Waals surface area contributed by atoms with Crippen molar-refractivity contribution < 1.29 is 19.0 Å². The van der Waals surface area contributed by atoms with Crippen LogP contribution in [-0.2, 0) is 9.53 Å². The summed E-state index contributed by atoms with van der Waals surface area (Å²) >= 11 is 1.30. The van der Waals surface area contributed by atoms with Crippen LogP contribution in [0.5, 0.6) is 11.5 Å². The molecule has 38 heavy (non-hydrogen) atoms. The van der Waals surface area contributed by atoms with Crippen molar-refractivity contribution >= 4 is 23.4 Å². The van der Waals surface area contributed by atoms with Crippen molar-refractivity contribution in [2.24, 2.45) is 4.99 Å². The van der Waals surface area contributed by atoms with Crippen molar-refractivity contribution in [2.45, 2.75) is 59.1 Å². The number of unbranched alkanes of at least 4 members (excludes halogenated alkanes) is 2. The Balaban J connectivity index is 1.75. The molecule has 0 bridgehead atoms. The van der Waals surface area contributed by atoms with Crippen LogP contribution in [0.2, 0.25) is 0 Å². The largest absolute Gasteiger partial charge is 0.497 e. The van der Waals surface area contributed by atoms with Gasteiger partial charge in [0.2, 0.25) is 0 Å². The van der Waals surface area contributed by atoms with Gasteiger partial charge in [-0.1, -0.05) is 55.4 Å². The summed E-state index contributed by atoms with van der Waals surface area (Å²) in [6, 6.07) is 14.4. The second-order valence-electron chi connectivity index (χ2n) is 9.43. The third-order valence-corrected chi connectivity index (χ3v) is 7.19. The Bertz CT molecular complexity index is 1480. The Morgan fingerprint density at radius 2 is 1.76 bits per heavy atom. The lowest BCUT2D eigenvalue weighted by molar-refractivity contribution is -0.143.